The molecule has 0 spiro atoms. The summed E-state index contributed by atoms with van der Waals surface area (Å²) in [4.78, 5) is 17.9. The molecular formula is C21H40N4O3. The van der Waals surface area contributed by atoms with Crippen LogP contribution in [0.4, 0.5) is 0 Å². The van der Waals surface area contributed by atoms with Crippen molar-refractivity contribution in [2.24, 2.45) is 16.8 Å². The molecule has 0 bridgehead atoms. The summed E-state index contributed by atoms with van der Waals surface area (Å²) in [5.74, 6) is 2.12. The van der Waals surface area contributed by atoms with Gasteiger partial charge < -0.3 is 25.0 Å². The standard InChI is InChI=1S/C21H40N4O3/c1-25(2)20(26)16-24-21(23-15-18-7-4-3-5-8-18)22-11-6-12-28-17-19-9-13-27-14-10-19/h18-19H,3-17H2,1-2H3,(H2,22,23,24). The Balaban J connectivity index is 1.65. The second-order valence-corrected chi connectivity index (χ2v) is 8.25. The van der Waals surface area contributed by atoms with E-state index in [1.54, 1.807) is 19.0 Å². The van der Waals surface area contributed by atoms with E-state index in [1.165, 1.54) is 32.1 Å². The van der Waals surface area contributed by atoms with Crippen LogP contribution >= 0.6 is 0 Å². The SMILES string of the molecule is CN(C)C(=O)CN=C(NCCCOCC1CCOCC1)NCC1CCCCC1. The summed E-state index contributed by atoms with van der Waals surface area (Å²) in [6.45, 7) is 5.22. The number of aliphatic imine (C=N–C) groups is 1. The van der Waals surface area contributed by atoms with E-state index in [9.17, 15) is 4.79 Å². The third kappa shape index (κ3) is 9.73. The molecule has 0 atom stereocenters. The van der Waals surface area contributed by atoms with Gasteiger partial charge in [0.1, 0.15) is 6.54 Å². The van der Waals surface area contributed by atoms with E-state index in [1.807, 2.05) is 0 Å². The number of hydrogen-bond donors (Lipinski definition) is 2. The lowest BCUT2D eigenvalue weighted by Crippen LogP contribution is -2.41. The maximum atomic E-state index is 11.9. The highest BCUT2D eigenvalue weighted by Crippen LogP contribution is 2.22. The average molecular weight is 397 g/mol. The first kappa shape index (κ1) is 22.9. The fourth-order valence-corrected chi connectivity index (χ4v) is 3.64. The smallest absolute Gasteiger partial charge is 0.243 e. The van der Waals surface area contributed by atoms with Crippen molar-refractivity contribution in [1.82, 2.24) is 15.5 Å². The Kier molecular flexibility index (Phi) is 11.3. The Morgan fingerprint density at radius 3 is 2.54 bits per heavy atom. The van der Waals surface area contributed by atoms with Crippen LogP contribution in [0.3, 0.4) is 0 Å². The molecule has 162 valence electrons. The monoisotopic (exact) mass is 396 g/mol. The van der Waals surface area contributed by atoms with Gasteiger partial charge >= 0.3 is 0 Å². The van der Waals surface area contributed by atoms with Gasteiger partial charge in [0.15, 0.2) is 5.96 Å². The number of nitrogens with one attached hydrogen (secondary N) is 2. The summed E-state index contributed by atoms with van der Waals surface area (Å²) in [6, 6.07) is 0. The molecule has 1 aliphatic carbocycles. The molecule has 2 fully saturated rings. The van der Waals surface area contributed by atoms with Gasteiger partial charge in [-0.1, -0.05) is 19.3 Å². The van der Waals surface area contributed by atoms with Crippen molar-refractivity contribution >= 4 is 11.9 Å². The molecular weight excluding hydrogens is 356 g/mol. The van der Waals surface area contributed by atoms with Gasteiger partial charge in [-0.15, -0.1) is 0 Å². The maximum absolute atomic E-state index is 11.9. The maximum Gasteiger partial charge on any atom is 0.243 e. The van der Waals surface area contributed by atoms with Gasteiger partial charge in [0.25, 0.3) is 0 Å². The van der Waals surface area contributed by atoms with Crippen LogP contribution in [-0.2, 0) is 14.3 Å². The number of ether oxygens (including phenoxy) is 2. The fourth-order valence-electron chi connectivity index (χ4n) is 3.64. The van der Waals surface area contributed by atoms with Crippen molar-refractivity contribution in [1.29, 1.82) is 0 Å². The number of hydrogen-bond acceptors (Lipinski definition) is 4. The molecule has 0 aromatic heterocycles. The van der Waals surface area contributed by atoms with Gasteiger partial charge in [0.2, 0.25) is 5.91 Å². The Hall–Kier alpha value is -1.34. The van der Waals surface area contributed by atoms with Crippen molar-refractivity contribution < 1.29 is 14.3 Å². The Labute approximate surface area is 170 Å². The highest BCUT2D eigenvalue weighted by molar-refractivity contribution is 5.84. The summed E-state index contributed by atoms with van der Waals surface area (Å²) >= 11 is 0. The van der Waals surface area contributed by atoms with Gasteiger partial charge in [0.05, 0.1) is 0 Å². The second kappa shape index (κ2) is 13.8. The van der Waals surface area contributed by atoms with Crippen LogP contribution in [0.1, 0.15) is 51.4 Å². The van der Waals surface area contributed by atoms with E-state index in [-0.39, 0.29) is 12.5 Å². The number of amides is 1. The molecule has 1 saturated heterocycles. The number of carbonyl (C=O) groups is 1. The van der Waals surface area contributed by atoms with E-state index < -0.39 is 0 Å². The largest absolute Gasteiger partial charge is 0.381 e. The molecule has 7 heteroatoms. The molecule has 0 aromatic rings. The van der Waals surface area contributed by atoms with Crippen LogP contribution < -0.4 is 10.6 Å². The summed E-state index contributed by atoms with van der Waals surface area (Å²) < 4.78 is 11.2. The molecule has 2 rings (SSSR count). The molecule has 28 heavy (non-hydrogen) atoms. The molecule has 2 aliphatic rings. The average Bonchev–Trinajstić information content (AvgIpc) is 2.73. The van der Waals surface area contributed by atoms with Gasteiger partial charge in [-0.2, -0.15) is 0 Å². The predicted molar refractivity (Wildman–Crippen MR) is 113 cm³/mol. The van der Waals surface area contributed by atoms with Crippen molar-refractivity contribution in [2.45, 2.75) is 51.4 Å². The van der Waals surface area contributed by atoms with Gasteiger partial charge in [-0.05, 0) is 43.9 Å². The zero-order valence-corrected chi connectivity index (χ0v) is 17.9. The van der Waals surface area contributed by atoms with Crippen LogP contribution in [0, 0.1) is 11.8 Å². The number of carbonyl (C=O) groups excluding carboxylic acids is 1. The first-order valence-corrected chi connectivity index (χ1v) is 11.0. The van der Waals surface area contributed by atoms with Crippen LogP contribution in [0.15, 0.2) is 4.99 Å². The zero-order chi connectivity index (χ0) is 20.0. The number of nitrogens with zero attached hydrogens (tertiary/aromatic N) is 2. The molecule has 1 heterocycles. The number of likely N-dealkylation sites (N-methyl/N-ethyl adjacent to an activating group) is 1. The van der Waals surface area contributed by atoms with E-state index >= 15 is 0 Å². The number of guanidine groups is 1. The minimum atomic E-state index is 0.0126. The van der Waals surface area contributed by atoms with Crippen LogP contribution in [0.5, 0.6) is 0 Å². The minimum Gasteiger partial charge on any atom is -0.381 e. The topological polar surface area (TPSA) is 75.2 Å². The summed E-state index contributed by atoms with van der Waals surface area (Å²) in [5.41, 5.74) is 0. The van der Waals surface area contributed by atoms with Crippen molar-refractivity contribution in [2.75, 3.05) is 60.2 Å². The Morgan fingerprint density at radius 2 is 1.82 bits per heavy atom. The fraction of sp³-hybridized carbons (Fsp3) is 0.905. The molecule has 2 N–H and O–H groups in total. The van der Waals surface area contributed by atoms with E-state index in [0.717, 1.165) is 64.7 Å². The normalized spacial score (nSPS) is 19.4. The Morgan fingerprint density at radius 1 is 1.07 bits per heavy atom. The molecule has 7 nitrogen and oxygen atoms in total. The highest BCUT2D eigenvalue weighted by atomic mass is 16.5. The first-order chi connectivity index (χ1) is 13.6. The first-order valence-electron chi connectivity index (χ1n) is 11.0. The molecule has 1 amide bonds. The molecule has 0 unspecified atom stereocenters. The third-order valence-electron chi connectivity index (χ3n) is 5.61. The molecule has 0 radical (unpaired) electrons. The van der Waals surface area contributed by atoms with Gasteiger partial charge in [-0.25, -0.2) is 4.99 Å². The van der Waals surface area contributed by atoms with Crippen molar-refractivity contribution in [3.8, 4) is 0 Å². The quantitative estimate of drug-likeness (QED) is 0.336. The lowest BCUT2D eigenvalue weighted by molar-refractivity contribution is -0.127. The third-order valence-corrected chi connectivity index (χ3v) is 5.61. The summed E-state index contributed by atoms with van der Waals surface area (Å²) in [7, 11) is 3.52. The minimum absolute atomic E-state index is 0.0126. The van der Waals surface area contributed by atoms with Crippen LogP contribution in [0.25, 0.3) is 0 Å². The zero-order valence-electron chi connectivity index (χ0n) is 17.9. The Bertz CT molecular complexity index is 459. The summed E-state index contributed by atoms with van der Waals surface area (Å²) in [5, 5.41) is 6.80. The van der Waals surface area contributed by atoms with Gasteiger partial charge in [0, 0.05) is 53.6 Å². The van der Waals surface area contributed by atoms with Crippen LogP contribution in [0.2, 0.25) is 0 Å². The summed E-state index contributed by atoms with van der Waals surface area (Å²) in [6.07, 6.45) is 9.75. The van der Waals surface area contributed by atoms with E-state index in [4.69, 9.17) is 9.47 Å². The lowest BCUT2D eigenvalue weighted by atomic mass is 9.89. The van der Waals surface area contributed by atoms with Gasteiger partial charge in [-0.3, -0.25) is 4.79 Å². The number of rotatable bonds is 10. The molecule has 0 aromatic carbocycles. The second-order valence-electron chi connectivity index (χ2n) is 8.25. The predicted octanol–water partition coefficient (Wildman–Crippen LogP) is 2.02. The lowest BCUT2D eigenvalue weighted by Gasteiger charge is -2.23. The molecule has 1 saturated carbocycles. The van der Waals surface area contributed by atoms with E-state index in [2.05, 4.69) is 15.6 Å². The van der Waals surface area contributed by atoms with E-state index in [0.29, 0.717) is 11.8 Å². The highest BCUT2D eigenvalue weighted by Gasteiger charge is 2.15. The van der Waals surface area contributed by atoms with Crippen molar-refractivity contribution in [3.63, 3.8) is 0 Å². The molecule has 1 aliphatic heterocycles. The van der Waals surface area contributed by atoms with Crippen molar-refractivity contribution in [3.05, 3.63) is 0 Å². The van der Waals surface area contributed by atoms with Crippen LogP contribution in [-0.4, -0.2) is 76.9 Å².